The Labute approximate surface area is 349 Å². The third kappa shape index (κ3) is 43.0. The van der Waals surface area contributed by atoms with E-state index >= 15 is 0 Å². The zero-order chi connectivity index (χ0) is 41.5. The Kier molecular flexibility index (Phi) is 41.7. The van der Waals surface area contributed by atoms with Crippen molar-refractivity contribution in [2.45, 2.75) is 181 Å². The van der Waals surface area contributed by atoms with Crippen molar-refractivity contribution < 1.29 is 28.6 Å². The lowest BCUT2D eigenvalue weighted by Gasteiger charge is -2.18. The molecular weight excluding hydrogens is 709 g/mol. The number of ether oxygens (including phenoxy) is 3. The van der Waals surface area contributed by atoms with Crippen molar-refractivity contribution in [1.82, 2.24) is 0 Å². The monoisotopic (exact) mass is 789 g/mol. The summed E-state index contributed by atoms with van der Waals surface area (Å²) in [5.41, 5.74) is 0. The van der Waals surface area contributed by atoms with Gasteiger partial charge in [-0.3, -0.25) is 14.4 Å². The molecule has 0 aromatic rings. The first-order valence-electron chi connectivity index (χ1n) is 22.4. The van der Waals surface area contributed by atoms with Gasteiger partial charge in [-0.05, 0) is 109 Å². The van der Waals surface area contributed by atoms with Crippen molar-refractivity contribution in [2.75, 3.05) is 13.2 Å². The fraction of sp³-hybridized carbons (Fsp3) is 0.588. The number of esters is 3. The van der Waals surface area contributed by atoms with E-state index in [2.05, 4.69) is 130 Å². The molecule has 0 rings (SSSR count). The van der Waals surface area contributed by atoms with E-state index in [0.717, 1.165) is 128 Å². The fourth-order valence-corrected chi connectivity index (χ4v) is 5.49. The van der Waals surface area contributed by atoms with E-state index in [0.29, 0.717) is 12.8 Å². The highest BCUT2D eigenvalue weighted by Gasteiger charge is 2.19. The number of hydrogen-bond donors (Lipinski definition) is 0. The second kappa shape index (κ2) is 44.8. The predicted octanol–water partition coefficient (Wildman–Crippen LogP) is 14.4. The smallest absolute Gasteiger partial charge is 0.306 e. The average Bonchev–Trinajstić information content (AvgIpc) is 3.21. The minimum atomic E-state index is -0.819. The van der Waals surface area contributed by atoms with Gasteiger partial charge >= 0.3 is 17.9 Å². The fourth-order valence-electron chi connectivity index (χ4n) is 5.49. The van der Waals surface area contributed by atoms with Crippen LogP contribution in [0.1, 0.15) is 175 Å². The molecule has 0 heterocycles. The summed E-state index contributed by atoms with van der Waals surface area (Å²) in [6, 6.07) is 0. The van der Waals surface area contributed by atoms with E-state index in [1.165, 1.54) is 0 Å². The molecule has 0 fully saturated rings. The average molecular weight is 789 g/mol. The third-order valence-corrected chi connectivity index (χ3v) is 8.75. The normalized spacial score (nSPS) is 13.1. The predicted molar refractivity (Wildman–Crippen MR) is 242 cm³/mol. The van der Waals surface area contributed by atoms with Crippen LogP contribution < -0.4 is 0 Å². The van der Waals surface area contributed by atoms with Gasteiger partial charge < -0.3 is 14.2 Å². The molecule has 0 amide bonds. The molecule has 0 aliphatic heterocycles. The van der Waals surface area contributed by atoms with Gasteiger partial charge in [0.15, 0.2) is 6.10 Å². The molecule has 0 N–H and O–H groups in total. The Balaban J connectivity index is 4.54. The molecule has 0 bridgehead atoms. The number of allylic oxidation sites excluding steroid dienone is 18. The molecule has 0 aromatic carbocycles. The highest BCUT2D eigenvalue weighted by molar-refractivity contribution is 5.71. The maximum Gasteiger partial charge on any atom is 0.306 e. The van der Waals surface area contributed by atoms with Crippen LogP contribution in [0.2, 0.25) is 0 Å². The Morgan fingerprint density at radius 1 is 0.351 bits per heavy atom. The maximum atomic E-state index is 12.7. The van der Waals surface area contributed by atoms with E-state index in [1.807, 2.05) is 0 Å². The Morgan fingerprint density at radius 2 is 0.649 bits per heavy atom. The van der Waals surface area contributed by atoms with Crippen molar-refractivity contribution in [3.8, 4) is 0 Å². The van der Waals surface area contributed by atoms with Crippen molar-refractivity contribution >= 4 is 17.9 Å². The summed E-state index contributed by atoms with van der Waals surface area (Å²) in [7, 11) is 0. The molecule has 0 aliphatic rings. The second-order valence-electron chi connectivity index (χ2n) is 14.2. The zero-order valence-corrected chi connectivity index (χ0v) is 36.3. The van der Waals surface area contributed by atoms with Crippen LogP contribution in [0.5, 0.6) is 0 Å². The number of carbonyl (C=O) groups is 3. The van der Waals surface area contributed by atoms with Gasteiger partial charge in [0.2, 0.25) is 0 Å². The Morgan fingerprint density at radius 3 is 1.04 bits per heavy atom. The first-order valence-corrected chi connectivity index (χ1v) is 22.4. The first kappa shape index (κ1) is 53.1. The molecule has 0 spiro atoms. The van der Waals surface area contributed by atoms with Gasteiger partial charge in [0.05, 0.1) is 0 Å². The van der Waals surface area contributed by atoms with E-state index in [-0.39, 0.29) is 44.0 Å². The van der Waals surface area contributed by atoms with E-state index in [1.54, 1.807) is 0 Å². The van der Waals surface area contributed by atoms with Crippen LogP contribution in [0.3, 0.4) is 0 Å². The molecule has 0 aromatic heterocycles. The lowest BCUT2D eigenvalue weighted by atomic mass is 10.1. The van der Waals surface area contributed by atoms with Crippen LogP contribution >= 0.6 is 0 Å². The van der Waals surface area contributed by atoms with E-state index in [4.69, 9.17) is 14.2 Å². The minimum Gasteiger partial charge on any atom is -0.462 e. The molecule has 0 aliphatic carbocycles. The number of rotatable bonds is 38. The topological polar surface area (TPSA) is 78.9 Å². The molecule has 1 unspecified atom stereocenters. The molecule has 0 saturated heterocycles. The maximum absolute atomic E-state index is 12.7. The molecule has 6 heteroatoms. The third-order valence-electron chi connectivity index (χ3n) is 8.75. The molecular formula is C51H80O6. The number of carbonyl (C=O) groups excluding carboxylic acids is 3. The van der Waals surface area contributed by atoms with Gasteiger partial charge in [-0.2, -0.15) is 0 Å². The van der Waals surface area contributed by atoms with Crippen LogP contribution in [0.15, 0.2) is 109 Å². The lowest BCUT2D eigenvalue weighted by Crippen LogP contribution is -2.30. The highest BCUT2D eigenvalue weighted by atomic mass is 16.6. The molecule has 57 heavy (non-hydrogen) atoms. The van der Waals surface area contributed by atoms with Gasteiger partial charge in [-0.1, -0.05) is 156 Å². The summed E-state index contributed by atoms with van der Waals surface area (Å²) in [6.07, 6.45) is 59.4. The van der Waals surface area contributed by atoms with E-state index in [9.17, 15) is 14.4 Å². The van der Waals surface area contributed by atoms with Gasteiger partial charge in [0.1, 0.15) is 13.2 Å². The van der Waals surface area contributed by atoms with Crippen LogP contribution in [0.25, 0.3) is 0 Å². The van der Waals surface area contributed by atoms with Crippen LogP contribution in [0.4, 0.5) is 0 Å². The van der Waals surface area contributed by atoms with Crippen molar-refractivity contribution in [3.05, 3.63) is 109 Å². The van der Waals surface area contributed by atoms with Crippen LogP contribution in [0, 0.1) is 0 Å². The largest absolute Gasteiger partial charge is 0.462 e. The molecule has 320 valence electrons. The quantitative estimate of drug-likeness (QED) is 0.0268. The summed E-state index contributed by atoms with van der Waals surface area (Å²) in [4.78, 5) is 37.7. The summed E-state index contributed by atoms with van der Waals surface area (Å²) in [5.74, 6) is -1.03. The first-order chi connectivity index (χ1) is 28.0. The van der Waals surface area contributed by atoms with Gasteiger partial charge in [0, 0.05) is 19.3 Å². The Hall–Kier alpha value is -3.93. The van der Waals surface area contributed by atoms with Crippen molar-refractivity contribution in [1.29, 1.82) is 0 Å². The van der Waals surface area contributed by atoms with Crippen LogP contribution in [-0.2, 0) is 28.6 Å². The van der Waals surface area contributed by atoms with Crippen molar-refractivity contribution in [2.24, 2.45) is 0 Å². The highest BCUT2D eigenvalue weighted by Crippen LogP contribution is 2.11. The SMILES string of the molecule is CC/C=C\C/C=C\C/C=C\CCCCCCC(=O)OCC(COC(=O)CCC/C=C\C/C=C\C/C=C\CC)OC(=O)CCCCCC/C=C\C/C=C\C/C=C\CC. The molecule has 0 saturated carbocycles. The molecule has 0 radical (unpaired) electrons. The number of hydrogen-bond acceptors (Lipinski definition) is 6. The van der Waals surface area contributed by atoms with Gasteiger partial charge in [0.25, 0.3) is 0 Å². The standard InChI is InChI=1S/C51H80O6/c1-4-7-10-13-16-19-22-24-26-29-32-35-38-41-44-50(53)56-47-48(46-55-49(52)43-40-37-34-31-28-21-18-15-12-9-6-3)57-51(54)45-42-39-36-33-30-27-25-23-20-17-14-11-8-5-2/h7-12,16-21,24-27,31,34,48H,4-6,13-15,22-23,28-30,32-33,35-47H2,1-3H3/b10-7-,11-8-,12-9-,19-16-,20-17-,21-18-,26-24-,27-25-,34-31-. The van der Waals surface area contributed by atoms with Crippen LogP contribution in [-0.4, -0.2) is 37.2 Å². The molecule has 1 atom stereocenters. The number of unbranched alkanes of at least 4 members (excludes halogenated alkanes) is 9. The zero-order valence-electron chi connectivity index (χ0n) is 36.3. The summed E-state index contributed by atoms with van der Waals surface area (Å²) in [5, 5.41) is 0. The van der Waals surface area contributed by atoms with Gasteiger partial charge in [-0.15, -0.1) is 0 Å². The summed E-state index contributed by atoms with van der Waals surface area (Å²) in [6.45, 7) is 6.17. The Bertz CT molecular complexity index is 1230. The lowest BCUT2D eigenvalue weighted by molar-refractivity contribution is -0.167. The van der Waals surface area contributed by atoms with E-state index < -0.39 is 6.10 Å². The summed E-state index contributed by atoms with van der Waals surface area (Å²) >= 11 is 0. The second-order valence-corrected chi connectivity index (χ2v) is 14.2. The van der Waals surface area contributed by atoms with Crippen molar-refractivity contribution in [3.63, 3.8) is 0 Å². The summed E-state index contributed by atoms with van der Waals surface area (Å²) < 4.78 is 16.6. The minimum absolute atomic E-state index is 0.118. The van der Waals surface area contributed by atoms with Gasteiger partial charge in [-0.25, -0.2) is 0 Å². The molecule has 6 nitrogen and oxygen atoms in total.